The molecule has 1 aliphatic rings. The lowest BCUT2D eigenvalue weighted by Gasteiger charge is -2.34. The molecular formula is C12H13BrN2O. The minimum atomic E-state index is -0.173. The number of rotatable bonds is 1. The highest BCUT2D eigenvalue weighted by atomic mass is 79.9. The molecule has 84 valence electrons. The minimum absolute atomic E-state index is 0.173. The van der Waals surface area contributed by atoms with E-state index in [0.717, 1.165) is 16.7 Å². The van der Waals surface area contributed by atoms with E-state index in [-0.39, 0.29) is 6.04 Å². The van der Waals surface area contributed by atoms with Crippen molar-refractivity contribution in [3.05, 3.63) is 28.2 Å². The largest absolute Gasteiger partial charge is 0.376 e. The highest BCUT2D eigenvalue weighted by molar-refractivity contribution is 9.10. The van der Waals surface area contributed by atoms with Crippen molar-refractivity contribution >= 4 is 21.6 Å². The molecule has 1 unspecified atom stereocenters. The summed E-state index contributed by atoms with van der Waals surface area (Å²) in [6.07, 6.45) is 0. The van der Waals surface area contributed by atoms with Gasteiger partial charge < -0.3 is 9.64 Å². The van der Waals surface area contributed by atoms with Gasteiger partial charge >= 0.3 is 0 Å². The van der Waals surface area contributed by atoms with Crippen LogP contribution >= 0.6 is 15.9 Å². The molecule has 3 nitrogen and oxygen atoms in total. The number of hydrogen-bond donors (Lipinski definition) is 0. The van der Waals surface area contributed by atoms with Crippen LogP contribution in [-0.2, 0) is 4.74 Å². The molecule has 0 N–H and O–H groups in total. The van der Waals surface area contributed by atoms with Gasteiger partial charge in [0.1, 0.15) is 6.04 Å². The molecule has 0 radical (unpaired) electrons. The van der Waals surface area contributed by atoms with Crippen LogP contribution in [0.5, 0.6) is 0 Å². The zero-order valence-corrected chi connectivity index (χ0v) is 10.7. The van der Waals surface area contributed by atoms with Gasteiger partial charge in [0.05, 0.1) is 19.3 Å². The van der Waals surface area contributed by atoms with Crippen LogP contribution in [0.4, 0.5) is 5.69 Å². The summed E-state index contributed by atoms with van der Waals surface area (Å²) < 4.78 is 6.38. The zero-order valence-electron chi connectivity index (χ0n) is 9.11. The van der Waals surface area contributed by atoms with Crippen LogP contribution in [0.15, 0.2) is 22.7 Å². The number of anilines is 1. The summed E-state index contributed by atoms with van der Waals surface area (Å²) in [7, 11) is 0. The third-order valence-corrected chi connectivity index (χ3v) is 3.24. The first-order chi connectivity index (χ1) is 7.72. The van der Waals surface area contributed by atoms with Crippen molar-refractivity contribution in [1.82, 2.24) is 0 Å². The molecule has 0 aliphatic carbocycles. The van der Waals surface area contributed by atoms with Gasteiger partial charge in [-0.3, -0.25) is 0 Å². The maximum absolute atomic E-state index is 9.09. The van der Waals surface area contributed by atoms with Crippen molar-refractivity contribution in [3.63, 3.8) is 0 Å². The van der Waals surface area contributed by atoms with E-state index in [1.165, 1.54) is 5.56 Å². The van der Waals surface area contributed by atoms with Crippen molar-refractivity contribution in [2.24, 2.45) is 0 Å². The molecule has 1 aromatic carbocycles. The van der Waals surface area contributed by atoms with Gasteiger partial charge in [-0.05, 0) is 30.7 Å². The van der Waals surface area contributed by atoms with Gasteiger partial charge in [-0.25, -0.2) is 0 Å². The number of morpholine rings is 1. The number of hydrogen-bond acceptors (Lipinski definition) is 3. The predicted octanol–water partition coefficient (Wildman–Crippen LogP) is 2.49. The van der Waals surface area contributed by atoms with E-state index in [1.54, 1.807) is 0 Å². The Bertz CT molecular complexity index is 428. The Morgan fingerprint density at radius 2 is 2.38 bits per heavy atom. The van der Waals surface area contributed by atoms with E-state index in [0.29, 0.717) is 13.2 Å². The first kappa shape index (κ1) is 11.4. The van der Waals surface area contributed by atoms with Crippen molar-refractivity contribution in [3.8, 4) is 6.07 Å². The maximum atomic E-state index is 9.09. The monoisotopic (exact) mass is 280 g/mol. The predicted molar refractivity (Wildman–Crippen MR) is 66.4 cm³/mol. The average molecular weight is 281 g/mol. The van der Waals surface area contributed by atoms with Crippen LogP contribution < -0.4 is 4.90 Å². The number of aryl methyl sites for hydroxylation is 1. The first-order valence-electron chi connectivity index (χ1n) is 5.22. The van der Waals surface area contributed by atoms with Gasteiger partial charge in [0, 0.05) is 16.7 Å². The van der Waals surface area contributed by atoms with Crippen molar-refractivity contribution < 1.29 is 4.74 Å². The molecule has 0 aromatic heterocycles. The number of benzene rings is 1. The van der Waals surface area contributed by atoms with Crippen molar-refractivity contribution in [1.29, 1.82) is 5.26 Å². The second-order valence-electron chi connectivity index (χ2n) is 3.84. The lowest BCUT2D eigenvalue weighted by molar-refractivity contribution is 0.107. The number of nitrogens with zero attached hydrogens (tertiary/aromatic N) is 2. The molecule has 0 spiro atoms. The highest BCUT2D eigenvalue weighted by Gasteiger charge is 2.23. The molecule has 1 aliphatic heterocycles. The summed E-state index contributed by atoms with van der Waals surface area (Å²) in [5.74, 6) is 0. The number of nitriles is 1. The van der Waals surface area contributed by atoms with Gasteiger partial charge in [0.15, 0.2) is 0 Å². The summed E-state index contributed by atoms with van der Waals surface area (Å²) in [6, 6.07) is 8.24. The zero-order chi connectivity index (χ0) is 11.5. The van der Waals surface area contributed by atoms with Gasteiger partial charge in [0.2, 0.25) is 0 Å². The SMILES string of the molecule is Cc1cc(Br)ccc1N1CCOCC1C#N. The van der Waals surface area contributed by atoms with Crippen LogP contribution in [0.25, 0.3) is 0 Å². The molecule has 1 fully saturated rings. The van der Waals surface area contributed by atoms with E-state index in [1.807, 2.05) is 6.07 Å². The smallest absolute Gasteiger partial charge is 0.140 e. The van der Waals surface area contributed by atoms with E-state index < -0.39 is 0 Å². The van der Waals surface area contributed by atoms with Crippen LogP contribution in [-0.4, -0.2) is 25.8 Å². The van der Waals surface area contributed by atoms with E-state index in [2.05, 4.69) is 46.0 Å². The number of halogens is 1. The fourth-order valence-electron chi connectivity index (χ4n) is 1.94. The lowest BCUT2D eigenvalue weighted by atomic mass is 10.1. The molecule has 0 amide bonds. The van der Waals surface area contributed by atoms with Crippen LogP contribution in [0.2, 0.25) is 0 Å². The Hall–Kier alpha value is -1.05. The van der Waals surface area contributed by atoms with Gasteiger partial charge in [-0.1, -0.05) is 15.9 Å². The topological polar surface area (TPSA) is 36.3 Å². The molecule has 4 heteroatoms. The Kier molecular flexibility index (Phi) is 3.47. The Morgan fingerprint density at radius 1 is 1.56 bits per heavy atom. The molecule has 1 heterocycles. The number of ether oxygens (including phenoxy) is 1. The highest BCUT2D eigenvalue weighted by Crippen LogP contribution is 2.26. The molecule has 2 rings (SSSR count). The van der Waals surface area contributed by atoms with E-state index in [9.17, 15) is 0 Å². The lowest BCUT2D eigenvalue weighted by Crippen LogP contribution is -2.45. The molecule has 16 heavy (non-hydrogen) atoms. The second-order valence-corrected chi connectivity index (χ2v) is 4.76. The van der Waals surface area contributed by atoms with Gasteiger partial charge in [0.25, 0.3) is 0 Å². The van der Waals surface area contributed by atoms with Gasteiger partial charge in [-0.2, -0.15) is 5.26 Å². The Balaban J connectivity index is 2.31. The first-order valence-corrected chi connectivity index (χ1v) is 6.02. The molecule has 0 saturated carbocycles. The summed E-state index contributed by atoms with van der Waals surface area (Å²) in [4.78, 5) is 2.12. The average Bonchev–Trinajstić information content (AvgIpc) is 2.29. The molecular weight excluding hydrogens is 268 g/mol. The van der Waals surface area contributed by atoms with Crippen molar-refractivity contribution in [2.75, 3.05) is 24.7 Å². The standard InChI is InChI=1S/C12H13BrN2O/c1-9-6-10(13)2-3-12(9)15-4-5-16-8-11(15)7-14/h2-3,6,11H,4-5,8H2,1H3. The summed E-state index contributed by atoms with van der Waals surface area (Å²) in [6.45, 7) is 4.02. The van der Waals surface area contributed by atoms with Crippen LogP contribution in [0, 0.1) is 18.3 Å². The van der Waals surface area contributed by atoms with Crippen LogP contribution in [0.1, 0.15) is 5.56 Å². The van der Waals surface area contributed by atoms with Crippen LogP contribution in [0.3, 0.4) is 0 Å². The molecule has 0 bridgehead atoms. The quantitative estimate of drug-likeness (QED) is 0.793. The van der Waals surface area contributed by atoms with E-state index >= 15 is 0 Å². The van der Waals surface area contributed by atoms with Crippen molar-refractivity contribution in [2.45, 2.75) is 13.0 Å². The summed E-state index contributed by atoms with van der Waals surface area (Å²) in [5, 5.41) is 9.09. The fourth-order valence-corrected chi connectivity index (χ4v) is 2.42. The molecule has 1 saturated heterocycles. The Labute approximate surface area is 104 Å². The van der Waals surface area contributed by atoms with E-state index in [4.69, 9.17) is 10.00 Å². The Morgan fingerprint density at radius 3 is 3.06 bits per heavy atom. The fraction of sp³-hybridized carbons (Fsp3) is 0.417. The third kappa shape index (κ3) is 2.21. The molecule has 1 aromatic rings. The normalized spacial score (nSPS) is 20.6. The summed E-state index contributed by atoms with van der Waals surface area (Å²) >= 11 is 3.44. The second kappa shape index (κ2) is 4.86. The third-order valence-electron chi connectivity index (χ3n) is 2.75. The molecule has 1 atom stereocenters. The van der Waals surface area contributed by atoms with Gasteiger partial charge in [-0.15, -0.1) is 0 Å². The minimum Gasteiger partial charge on any atom is -0.376 e. The maximum Gasteiger partial charge on any atom is 0.140 e. The summed E-state index contributed by atoms with van der Waals surface area (Å²) in [5.41, 5.74) is 2.30.